The van der Waals surface area contributed by atoms with Gasteiger partial charge in [0.05, 0.1) is 26.3 Å². The second kappa shape index (κ2) is 31.9. The second-order valence-electron chi connectivity index (χ2n) is 16.9. The molecule has 5 N–H and O–H groups in total. The molecule has 0 aliphatic carbocycles. The molecule has 17 heteroatoms. The molecule has 4 aromatic carbocycles. The smallest absolute Gasteiger partial charge is 0.283 e. The lowest BCUT2D eigenvalue weighted by molar-refractivity contribution is -0.120. The number of para-hydroxylation sites is 1. The molecule has 1 saturated heterocycles. The predicted molar refractivity (Wildman–Crippen MR) is 307 cm³/mol. The predicted octanol–water partition coefficient (Wildman–Crippen LogP) is 11.2. The molecular formula is C57H78N6O9S2. The quantitative estimate of drug-likeness (QED) is 0.0264. The molecule has 1 fully saturated rings. The molecule has 2 aliphatic heterocycles. The number of carbonyl (C=O) groups is 4. The number of allylic oxidation sites excluding steroid dienone is 4. The first-order valence-corrected chi connectivity index (χ1v) is 26.6. The van der Waals surface area contributed by atoms with E-state index in [1.54, 1.807) is 50.8 Å². The van der Waals surface area contributed by atoms with E-state index in [4.69, 9.17) is 18.9 Å². The van der Waals surface area contributed by atoms with Crippen LogP contribution >= 0.6 is 24.4 Å². The maximum absolute atomic E-state index is 12.5. The number of nitrogens with one attached hydrogen (secondary N) is 4. The van der Waals surface area contributed by atoms with Crippen LogP contribution < -0.4 is 45.1 Å². The number of hydrogen-bond acceptors (Lipinski definition) is 14. The third-order valence-corrected chi connectivity index (χ3v) is 12.6. The Kier molecular flexibility index (Phi) is 26.6. The highest BCUT2D eigenvalue weighted by atomic mass is 32.2. The van der Waals surface area contributed by atoms with Crippen LogP contribution in [0.1, 0.15) is 93.4 Å². The van der Waals surface area contributed by atoms with Gasteiger partial charge >= 0.3 is 0 Å². The summed E-state index contributed by atoms with van der Waals surface area (Å²) < 4.78 is 24.0. The third-order valence-electron chi connectivity index (χ3n) is 11.9. The molecule has 4 aromatic rings. The summed E-state index contributed by atoms with van der Waals surface area (Å²) in [6.07, 6.45) is 10.3. The normalized spacial score (nSPS) is 15.7. The molecule has 0 bridgehead atoms. The Bertz CT molecular complexity index is 2550. The Balaban J connectivity index is 0.000000993. The number of amides is 3. The summed E-state index contributed by atoms with van der Waals surface area (Å²) in [5.41, 5.74) is 8.35. The lowest BCUT2D eigenvalue weighted by atomic mass is 10.1. The first-order chi connectivity index (χ1) is 35.7. The van der Waals surface area contributed by atoms with Crippen molar-refractivity contribution in [2.75, 3.05) is 62.0 Å². The molecule has 15 nitrogen and oxygen atoms in total. The van der Waals surface area contributed by atoms with Crippen molar-refractivity contribution in [2.45, 2.75) is 111 Å². The zero-order valence-electron chi connectivity index (χ0n) is 45.2. The van der Waals surface area contributed by atoms with Crippen molar-refractivity contribution in [1.29, 1.82) is 0 Å². The van der Waals surface area contributed by atoms with Crippen LogP contribution in [0.3, 0.4) is 0 Å². The minimum absolute atomic E-state index is 0.0861. The van der Waals surface area contributed by atoms with Gasteiger partial charge in [0.1, 0.15) is 19.4 Å². The van der Waals surface area contributed by atoms with Crippen LogP contribution in [0.2, 0.25) is 0 Å². The molecular weight excluding hydrogens is 977 g/mol. The number of thioether (sulfide) groups is 1. The Labute approximate surface area is 448 Å². The van der Waals surface area contributed by atoms with E-state index >= 15 is 0 Å². The van der Waals surface area contributed by atoms with E-state index in [0.29, 0.717) is 82.4 Å². The fourth-order valence-corrected chi connectivity index (χ4v) is 8.41. The zero-order valence-corrected chi connectivity index (χ0v) is 46.9. The van der Waals surface area contributed by atoms with Crippen molar-refractivity contribution in [3.8, 4) is 23.0 Å². The van der Waals surface area contributed by atoms with E-state index in [2.05, 4.69) is 64.6 Å². The average molecular weight is 1060 g/mol. The summed E-state index contributed by atoms with van der Waals surface area (Å²) in [5, 5.41) is 23.5. The Hall–Kier alpha value is -6.56. The highest BCUT2D eigenvalue weighted by Crippen LogP contribution is 2.38. The van der Waals surface area contributed by atoms with Crippen LogP contribution in [-0.2, 0) is 29.2 Å². The molecule has 0 aromatic heterocycles. The van der Waals surface area contributed by atoms with Gasteiger partial charge in [0.15, 0.2) is 29.3 Å². The van der Waals surface area contributed by atoms with Crippen LogP contribution in [0.15, 0.2) is 103 Å². The molecule has 74 heavy (non-hydrogen) atoms. The standard InChI is InChI=1S/C47H53N5O8S.C6H13NOS.2C2H6/c1-8-9-13-39-30(3)15-41(52(39)28-54)46(55)50-37-22-44(42(57-5)16-29(37)2)59-26-31-17-32(19-35(18-31)49-47(56)61-7)27-60-45-23-38(34(25-53)21-43(45)58-6)48-24-36-20-33-12-10-11-14-40(33)51(36)4;1-5(9)3-4-6(8)7-2;2*1-2/h8-14,16-19,21-23,25,28,36,41,46,48,50,55H,3,15,20,24,26-27H2,1-2,4-7H3,(H,49,56);5,9H,3-4H2,1-2H3,(H,7,8);2*1-2H3/b9-8-,39-13+;;;/t36?,41?,46-;;;/m1.../s1. The molecule has 402 valence electrons. The summed E-state index contributed by atoms with van der Waals surface area (Å²) in [6, 6.07) is 20.5. The molecule has 2 aliphatic rings. The van der Waals surface area contributed by atoms with Crippen molar-refractivity contribution >= 4 is 71.0 Å². The van der Waals surface area contributed by atoms with Gasteiger partial charge < -0.3 is 55.1 Å². The lowest BCUT2D eigenvalue weighted by Gasteiger charge is -2.27. The number of likely N-dealkylation sites (N-methyl/N-ethyl adjacent to an activating group) is 1. The fourth-order valence-electron chi connectivity index (χ4n) is 8.06. The number of fused-ring (bicyclic) bond motifs is 1. The number of nitrogens with zero attached hydrogens (tertiary/aromatic N) is 2. The summed E-state index contributed by atoms with van der Waals surface area (Å²) in [6.45, 7) is 18.6. The molecule has 4 atom stereocenters. The summed E-state index contributed by atoms with van der Waals surface area (Å²) in [4.78, 5) is 51.1. The molecule has 6 rings (SSSR count). The van der Waals surface area contributed by atoms with Gasteiger partial charge in [0.25, 0.3) is 5.24 Å². The zero-order chi connectivity index (χ0) is 54.9. The number of ether oxygens (including phenoxy) is 4. The molecule has 0 saturated carbocycles. The maximum Gasteiger partial charge on any atom is 0.283 e. The summed E-state index contributed by atoms with van der Waals surface area (Å²) in [7, 11) is 6.79. The number of carbonyl (C=O) groups excluding carboxylic acids is 4. The van der Waals surface area contributed by atoms with Crippen molar-refractivity contribution in [2.24, 2.45) is 0 Å². The van der Waals surface area contributed by atoms with E-state index in [1.165, 1.54) is 23.3 Å². The van der Waals surface area contributed by atoms with Gasteiger partial charge in [0, 0.05) is 73.2 Å². The van der Waals surface area contributed by atoms with Gasteiger partial charge in [-0.05, 0) is 115 Å². The number of methoxy groups -OCH3 is 2. The van der Waals surface area contributed by atoms with E-state index in [1.807, 2.05) is 91.0 Å². The van der Waals surface area contributed by atoms with Gasteiger partial charge in [0.2, 0.25) is 12.3 Å². The number of aryl methyl sites for hydroxylation is 1. The van der Waals surface area contributed by atoms with Crippen molar-refractivity contribution < 1.29 is 43.2 Å². The number of hydrogen-bond donors (Lipinski definition) is 6. The first kappa shape index (κ1) is 61.7. The van der Waals surface area contributed by atoms with Gasteiger partial charge in [-0.15, -0.1) is 0 Å². The van der Waals surface area contributed by atoms with Gasteiger partial charge in [-0.1, -0.05) is 83.3 Å². The number of aliphatic hydroxyl groups is 1. The van der Waals surface area contributed by atoms with E-state index in [0.717, 1.165) is 53.2 Å². The highest BCUT2D eigenvalue weighted by molar-refractivity contribution is 8.13. The number of anilines is 4. The third kappa shape index (κ3) is 17.5. The first-order valence-electron chi connectivity index (χ1n) is 24.9. The van der Waals surface area contributed by atoms with Crippen molar-refractivity contribution in [3.63, 3.8) is 0 Å². The highest BCUT2D eigenvalue weighted by Gasteiger charge is 2.36. The van der Waals surface area contributed by atoms with Crippen molar-refractivity contribution in [3.05, 3.63) is 131 Å². The average Bonchev–Trinajstić information content (AvgIpc) is 3.92. The Morgan fingerprint density at radius 3 is 2.09 bits per heavy atom. The number of aldehydes is 1. The van der Waals surface area contributed by atoms with Gasteiger partial charge in [-0.25, -0.2) is 0 Å². The number of benzene rings is 4. The molecule has 3 amide bonds. The Morgan fingerprint density at radius 2 is 1.54 bits per heavy atom. The maximum atomic E-state index is 12.5. The van der Waals surface area contributed by atoms with E-state index in [-0.39, 0.29) is 30.4 Å². The minimum Gasteiger partial charge on any atom is -0.493 e. The molecule has 3 unspecified atom stereocenters. The second-order valence-corrected chi connectivity index (χ2v) is 18.5. The minimum atomic E-state index is -1.12. The summed E-state index contributed by atoms with van der Waals surface area (Å²) >= 11 is 5.19. The van der Waals surface area contributed by atoms with Crippen LogP contribution in [0, 0.1) is 6.92 Å². The Morgan fingerprint density at radius 1 is 0.919 bits per heavy atom. The monoisotopic (exact) mass is 1050 g/mol. The number of rotatable bonds is 21. The van der Waals surface area contributed by atoms with Crippen LogP contribution in [0.25, 0.3) is 0 Å². The largest absolute Gasteiger partial charge is 0.493 e. The van der Waals surface area contributed by atoms with E-state index < -0.39 is 12.3 Å². The number of aliphatic hydroxyl groups excluding tert-OH is 1. The SMILES string of the molecule is C=C1CC([C@@H](O)Nc2cc(OCc3cc(COc4cc(NCC5Cc6ccccc6N5C)c(C=O)cc4OC)cc(NC(=O)SC)c3)c(OC)cc2C)N(C=O)/C1=C/C=C\C.CC.CC.CNC(=O)CCC(C)S. The van der Waals surface area contributed by atoms with Crippen LogP contribution in [0.5, 0.6) is 23.0 Å². The molecule has 0 spiro atoms. The van der Waals surface area contributed by atoms with Gasteiger partial charge in [-0.3, -0.25) is 19.2 Å². The van der Waals surface area contributed by atoms with Crippen LogP contribution in [-0.4, -0.2) is 98.5 Å². The van der Waals surface area contributed by atoms with Crippen molar-refractivity contribution in [1.82, 2.24) is 10.2 Å². The van der Waals surface area contributed by atoms with E-state index in [9.17, 15) is 24.3 Å². The number of thiol groups is 1. The topological polar surface area (TPSA) is 180 Å². The molecule has 2 heterocycles. The van der Waals surface area contributed by atoms with Gasteiger partial charge in [-0.2, -0.15) is 12.6 Å². The summed E-state index contributed by atoms with van der Waals surface area (Å²) in [5.74, 6) is 1.81. The molecule has 0 radical (unpaired) electrons. The number of likely N-dealkylation sites (tertiary alicyclic amines) is 1. The fraction of sp³-hybridized carbons (Fsp3) is 0.404. The van der Waals surface area contributed by atoms with Crippen LogP contribution in [0.4, 0.5) is 27.5 Å². The lowest BCUT2D eigenvalue weighted by Crippen LogP contribution is -2.42.